The number of ether oxygens (including phenoxy) is 3. The van der Waals surface area contributed by atoms with Crippen LogP contribution < -0.4 is 19.7 Å². The molecule has 1 saturated heterocycles. The van der Waals surface area contributed by atoms with Crippen molar-refractivity contribution >= 4 is 23.0 Å². The van der Waals surface area contributed by atoms with Crippen LogP contribution in [0.2, 0.25) is 0 Å². The second-order valence-corrected chi connectivity index (χ2v) is 8.39. The van der Waals surface area contributed by atoms with Crippen LogP contribution in [0.4, 0.5) is 5.69 Å². The summed E-state index contributed by atoms with van der Waals surface area (Å²) in [6.45, 7) is 5.71. The van der Waals surface area contributed by atoms with Crippen LogP contribution in [-0.2, 0) is 11.3 Å². The minimum Gasteiger partial charge on any atom is -0.497 e. The van der Waals surface area contributed by atoms with Gasteiger partial charge in [-0.3, -0.25) is 4.98 Å². The summed E-state index contributed by atoms with van der Waals surface area (Å²) in [4.78, 5) is 6.78. The van der Waals surface area contributed by atoms with Crippen LogP contribution in [0.15, 0.2) is 48.7 Å². The summed E-state index contributed by atoms with van der Waals surface area (Å²) < 4.78 is 18.9. The molecule has 174 valence electrons. The van der Waals surface area contributed by atoms with E-state index in [1.54, 1.807) is 21.3 Å². The van der Waals surface area contributed by atoms with Gasteiger partial charge in [-0.2, -0.15) is 0 Å². The first-order valence-corrected chi connectivity index (χ1v) is 11.3. The minimum atomic E-state index is -0.133. The summed E-state index contributed by atoms with van der Waals surface area (Å²) in [7, 11) is 5.05. The van der Waals surface area contributed by atoms with E-state index in [-0.39, 0.29) is 12.1 Å². The van der Waals surface area contributed by atoms with Gasteiger partial charge in [-0.05, 0) is 62.0 Å². The van der Waals surface area contributed by atoms with Crippen molar-refractivity contribution in [2.75, 3.05) is 32.8 Å². The lowest BCUT2D eigenvalue weighted by molar-refractivity contribution is 0.186. The van der Waals surface area contributed by atoms with Crippen molar-refractivity contribution in [2.24, 2.45) is 0 Å². The average molecular weight is 467 g/mol. The Morgan fingerprint density at radius 3 is 2.55 bits per heavy atom. The number of aromatic nitrogens is 2. The maximum atomic E-state index is 5.88. The molecule has 0 unspecified atom stereocenters. The van der Waals surface area contributed by atoms with E-state index in [0.717, 1.165) is 29.4 Å². The molecule has 1 N–H and O–H groups in total. The van der Waals surface area contributed by atoms with Gasteiger partial charge in [0.2, 0.25) is 0 Å². The van der Waals surface area contributed by atoms with E-state index in [0.29, 0.717) is 11.7 Å². The topological polar surface area (TPSA) is 60.8 Å². The highest BCUT2D eigenvalue weighted by molar-refractivity contribution is 7.80. The van der Waals surface area contributed by atoms with E-state index in [1.807, 2.05) is 42.6 Å². The number of pyridine rings is 1. The first-order chi connectivity index (χ1) is 16.0. The molecule has 0 spiro atoms. The number of rotatable bonds is 8. The summed E-state index contributed by atoms with van der Waals surface area (Å²) in [5.74, 6) is 1.46. The Morgan fingerprint density at radius 1 is 1.06 bits per heavy atom. The summed E-state index contributed by atoms with van der Waals surface area (Å²) in [5, 5.41) is 4.13. The highest BCUT2D eigenvalue weighted by Crippen LogP contribution is 2.46. The molecule has 1 aliphatic rings. The standard InChI is InChI=1S/C25H30N4O3S/c1-16-14-19(17(2)28(16)12-13-30-3)24-23(20-8-6-7-11-26-20)27-25(33)29(24)21-15-18(31-4)9-10-22(21)32-5/h6-11,14-15,23-24H,12-13H2,1-5H3,(H,27,33)/t23-,24+/m0/s1. The van der Waals surface area contributed by atoms with Gasteiger partial charge in [-0.15, -0.1) is 0 Å². The Kier molecular flexibility index (Phi) is 6.85. The third-order valence-corrected chi connectivity index (χ3v) is 6.51. The van der Waals surface area contributed by atoms with E-state index >= 15 is 0 Å². The van der Waals surface area contributed by atoms with Crippen LogP contribution in [0, 0.1) is 13.8 Å². The van der Waals surface area contributed by atoms with Crippen LogP contribution in [0.5, 0.6) is 11.5 Å². The highest BCUT2D eigenvalue weighted by atomic mass is 32.1. The molecule has 3 aromatic rings. The summed E-state index contributed by atoms with van der Waals surface area (Å²) >= 11 is 5.88. The monoisotopic (exact) mass is 466 g/mol. The molecule has 1 fully saturated rings. The third kappa shape index (κ3) is 4.28. The number of aryl methyl sites for hydroxylation is 1. The van der Waals surface area contributed by atoms with Crippen LogP contribution in [-0.4, -0.2) is 42.6 Å². The number of benzene rings is 1. The Morgan fingerprint density at radius 2 is 1.88 bits per heavy atom. The van der Waals surface area contributed by atoms with Gasteiger partial charge >= 0.3 is 0 Å². The molecule has 7 nitrogen and oxygen atoms in total. The predicted octanol–water partition coefficient (Wildman–Crippen LogP) is 4.34. The van der Waals surface area contributed by atoms with Crippen LogP contribution in [0.25, 0.3) is 0 Å². The maximum Gasteiger partial charge on any atom is 0.174 e. The SMILES string of the molecule is COCCn1c(C)cc([C@@H]2[C@H](c3ccccn3)NC(=S)N2c2cc(OC)ccc2OC)c1C. The summed E-state index contributed by atoms with van der Waals surface area (Å²) in [6.07, 6.45) is 1.81. The fraction of sp³-hybridized carbons (Fsp3) is 0.360. The summed E-state index contributed by atoms with van der Waals surface area (Å²) in [5.41, 5.74) is 5.30. The zero-order chi connectivity index (χ0) is 23.5. The molecule has 2 atom stereocenters. The van der Waals surface area contributed by atoms with E-state index in [2.05, 4.69) is 39.7 Å². The van der Waals surface area contributed by atoms with Crippen LogP contribution in [0.3, 0.4) is 0 Å². The van der Waals surface area contributed by atoms with E-state index in [9.17, 15) is 0 Å². The fourth-order valence-corrected chi connectivity index (χ4v) is 4.91. The molecule has 3 heterocycles. The Hall–Kier alpha value is -3.10. The molecule has 0 bridgehead atoms. The van der Waals surface area contributed by atoms with Gasteiger partial charge < -0.3 is 29.0 Å². The van der Waals surface area contributed by atoms with Crippen LogP contribution >= 0.6 is 12.2 Å². The number of nitrogens with one attached hydrogen (secondary N) is 1. The molecule has 1 aliphatic heterocycles. The second-order valence-electron chi connectivity index (χ2n) is 8.01. The number of nitrogens with zero attached hydrogens (tertiary/aromatic N) is 3. The number of anilines is 1. The maximum absolute atomic E-state index is 5.88. The van der Waals surface area contributed by atoms with Gasteiger partial charge in [-0.25, -0.2) is 0 Å². The van der Waals surface area contributed by atoms with Gasteiger partial charge in [0.1, 0.15) is 11.5 Å². The lowest BCUT2D eigenvalue weighted by Crippen LogP contribution is -2.30. The van der Waals surface area contributed by atoms with Gasteiger partial charge in [0, 0.05) is 37.3 Å². The molecule has 2 aromatic heterocycles. The molecule has 0 aliphatic carbocycles. The van der Waals surface area contributed by atoms with Gasteiger partial charge in [0.25, 0.3) is 0 Å². The molecule has 0 radical (unpaired) electrons. The van der Waals surface area contributed by atoms with Gasteiger partial charge in [0.15, 0.2) is 5.11 Å². The molecular weight excluding hydrogens is 436 g/mol. The zero-order valence-electron chi connectivity index (χ0n) is 19.7. The lowest BCUT2D eigenvalue weighted by Gasteiger charge is -2.29. The second kappa shape index (κ2) is 9.80. The van der Waals surface area contributed by atoms with E-state index in [1.165, 1.54) is 17.0 Å². The smallest absolute Gasteiger partial charge is 0.174 e. The molecule has 8 heteroatoms. The molecule has 33 heavy (non-hydrogen) atoms. The molecule has 1 aromatic carbocycles. The van der Waals surface area contributed by atoms with Crippen LogP contribution in [0.1, 0.15) is 34.7 Å². The van der Waals surface area contributed by atoms with Crippen molar-refractivity contribution in [3.05, 3.63) is 71.3 Å². The molecular formula is C25H30N4O3S. The lowest BCUT2D eigenvalue weighted by atomic mass is 9.96. The normalized spacial score (nSPS) is 17.8. The average Bonchev–Trinajstić information content (AvgIpc) is 3.32. The number of hydrogen-bond acceptors (Lipinski definition) is 5. The van der Waals surface area contributed by atoms with Crippen molar-refractivity contribution in [1.29, 1.82) is 0 Å². The highest BCUT2D eigenvalue weighted by Gasteiger charge is 2.43. The Labute approximate surface area is 200 Å². The van der Waals surface area contributed by atoms with Gasteiger partial charge in [0.05, 0.1) is 44.3 Å². The van der Waals surface area contributed by atoms with E-state index in [4.69, 9.17) is 26.4 Å². The zero-order valence-corrected chi connectivity index (χ0v) is 20.5. The number of methoxy groups -OCH3 is 3. The molecule has 4 rings (SSSR count). The van der Waals surface area contributed by atoms with Crippen molar-refractivity contribution in [3.8, 4) is 11.5 Å². The number of hydrogen-bond donors (Lipinski definition) is 1. The molecule has 0 saturated carbocycles. The van der Waals surface area contributed by atoms with Crippen molar-refractivity contribution in [1.82, 2.24) is 14.9 Å². The Balaban J connectivity index is 1.89. The first-order valence-electron chi connectivity index (χ1n) is 10.9. The van der Waals surface area contributed by atoms with Crippen molar-refractivity contribution in [3.63, 3.8) is 0 Å². The number of thiocarbonyl (C=S) groups is 1. The van der Waals surface area contributed by atoms with Gasteiger partial charge in [-0.1, -0.05) is 6.07 Å². The van der Waals surface area contributed by atoms with E-state index < -0.39 is 0 Å². The minimum absolute atomic E-state index is 0.129. The quantitative estimate of drug-likeness (QED) is 0.496. The van der Waals surface area contributed by atoms with Crippen molar-refractivity contribution < 1.29 is 14.2 Å². The predicted molar refractivity (Wildman–Crippen MR) is 133 cm³/mol. The third-order valence-electron chi connectivity index (χ3n) is 6.19. The first kappa shape index (κ1) is 23.1. The largest absolute Gasteiger partial charge is 0.497 e. The summed E-state index contributed by atoms with van der Waals surface area (Å²) in [6, 6.07) is 13.7. The Bertz CT molecular complexity index is 1130. The fourth-order valence-electron chi connectivity index (χ4n) is 4.57. The molecule has 0 amide bonds. The van der Waals surface area contributed by atoms with Crippen molar-refractivity contribution in [2.45, 2.75) is 32.5 Å².